The van der Waals surface area contributed by atoms with Crippen molar-refractivity contribution in [3.63, 3.8) is 0 Å². The Labute approximate surface area is 155 Å². The number of carbonyl (C=O) groups is 1. The Bertz CT molecular complexity index is 862. The van der Waals surface area contributed by atoms with Crippen LogP contribution in [0.15, 0.2) is 41.1 Å². The Hall–Kier alpha value is -2.33. The zero-order chi connectivity index (χ0) is 19.3. The fourth-order valence-corrected chi connectivity index (χ4v) is 2.66. The quantitative estimate of drug-likeness (QED) is 0.583. The van der Waals surface area contributed by atoms with Crippen LogP contribution in [0.1, 0.15) is 11.3 Å². The molecule has 3 rings (SSSR count). The zero-order valence-corrected chi connectivity index (χ0v) is 15.2. The number of nitrogens with zero attached hydrogens (tertiary/aromatic N) is 2. The monoisotopic (exact) mass is 432 g/mol. The molecule has 0 fully saturated rings. The second-order valence-corrected chi connectivity index (χ2v) is 6.48. The number of hydrogen-bond donors (Lipinski definition) is 3. The van der Waals surface area contributed by atoms with Gasteiger partial charge in [0.05, 0.1) is 0 Å². The molecule has 3 aromatic rings. The van der Waals surface area contributed by atoms with Crippen molar-refractivity contribution in [2.24, 2.45) is 0 Å². The minimum Gasteiger partial charge on any atom is -0.475 e. The lowest BCUT2D eigenvalue weighted by Gasteiger charge is -2.14. The summed E-state index contributed by atoms with van der Waals surface area (Å²) in [6.45, 7) is 1.77. The van der Waals surface area contributed by atoms with Crippen LogP contribution in [-0.2, 0) is 17.9 Å². The first-order chi connectivity index (χ1) is 12.2. The van der Waals surface area contributed by atoms with Crippen LogP contribution in [0.5, 0.6) is 0 Å². The number of nitrogens with one attached hydrogen (secondary N) is 2. The highest BCUT2D eigenvalue weighted by molar-refractivity contribution is 9.10. The molecule has 6 nitrogen and oxygen atoms in total. The Morgan fingerprint density at radius 3 is 2.58 bits per heavy atom. The number of hydrogen-bond acceptors (Lipinski definition) is 3. The fraction of sp³-hybridized carbons (Fsp3) is 0.250. The van der Waals surface area contributed by atoms with Crippen molar-refractivity contribution < 1.29 is 23.1 Å². The van der Waals surface area contributed by atoms with Gasteiger partial charge in [0.2, 0.25) is 0 Å². The predicted octanol–water partition coefficient (Wildman–Crippen LogP) is 3.92. The number of alkyl halides is 3. The number of benzene rings is 1. The van der Waals surface area contributed by atoms with Gasteiger partial charge in [0, 0.05) is 46.6 Å². The lowest BCUT2D eigenvalue weighted by Crippen LogP contribution is -2.21. The van der Waals surface area contributed by atoms with Crippen molar-refractivity contribution in [1.82, 2.24) is 20.1 Å². The Kier molecular flexibility index (Phi) is 6.43. The minimum absolute atomic E-state index is 0.864. The Morgan fingerprint density at radius 2 is 2.00 bits per heavy atom. The van der Waals surface area contributed by atoms with Crippen LogP contribution in [0, 0.1) is 0 Å². The first-order valence-corrected chi connectivity index (χ1v) is 8.18. The van der Waals surface area contributed by atoms with Crippen molar-refractivity contribution in [2.75, 3.05) is 7.05 Å². The molecule has 2 aromatic heterocycles. The molecule has 0 aliphatic heterocycles. The maximum Gasteiger partial charge on any atom is 0.490 e. The third kappa shape index (κ3) is 5.60. The van der Waals surface area contributed by atoms with Gasteiger partial charge in [0.1, 0.15) is 0 Å². The van der Waals surface area contributed by atoms with Gasteiger partial charge < -0.3 is 10.1 Å². The van der Waals surface area contributed by atoms with E-state index in [0.29, 0.717) is 0 Å². The van der Waals surface area contributed by atoms with E-state index < -0.39 is 12.1 Å². The van der Waals surface area contributed by atoms with Gasteiger partial charge in [-0.1, -0.05) is 22.0 Å². The largest absolute Gasteiger partial charge is 0.490 e. The third-order valence-corrected chi connectivity index (χ3v) is 3.90. The molecule has 10 heteroatoms. The summed E-state index contributed by atoms with van der Waals surface area (Å²) in [4.78, 5) is 14.5. The van der Waals surface area contributed by atoms with Gasteiger partial charge in [0.25, 0.3) is 0 Å². The number of rotatable bonds is 4. The molecule has 0 amide bonds. The van der Waals surface area contributed by atoms with Gasteiger partial charge in [-0.15, -0.1) is 0 Å². The number of carboxylic acids is 1. The van der Waals surface area contributed by atoms with Gasteiger partial charge in [-0.2, -0.15) is 18.3 Å². The average molecular weight is 433 g/mol. The molecule has 0 aliphatic rings. The van der Waals surface area contributed by atoms with Crippen LogP contribution >= 0.6 is 15.9 Å². The van der Waals surface area contributed by atoms with Crippen LogP contribution < -0.4 is 0 Å². The van der Waals surface area contributed by atoms with Gasteiger partial charge >= 0.3 is 12.1 Å². The van der Waals surface area contributed by atoms with E-state index in [-0.39, 0.29) is 0 Å². The molecule has 140 valence electrons. The van der Waals surface area contributed by atoms with E-state index in [9.17, 15) is 13.2 Å². The van der Waals surface area contributed by atoms with Crippen LogP contribution in [-0.4, -0.2) is 44.4 Å². The molecule has 0 bridgehead atoms. The second kappa shape index (κ2) is 8.37. The molecule has 2 heterocycles. The minimum atomic E-state index is -5.08. The summed E-state index contributed by atoms with van der Waals surface area (Å²) in [6, 6.07) is 8.33. The molecule has 0 saturated carbocycles. The SMILES string of the molecule is CN(Cc1ccn[nH]1)Cc1c[nH]c2cc(Br)ccc12.O=C(O)C(F)(F)F. The smallest absolute Gasteiger partial charge is 0.475 e. The molecule has 26 heavy (non-hydrogen) atoms. The molecule has 0 atom stereocenters. The highest BCUT2D eigenvalue weighted by Crippen LogP contribution is 2.23. The van der Waals surface area contributed by atoms with Gasteiger partial charge in [-0.05, 0) is 30.8 Å². The maximum atomic E-state index is 10.6. The Morgan fingerprint density at radius 1 is 1.31 bits per heavy atom. The lowest BCUT2D eigenvalue weighted by atomic mass is 10.1. The van der Waals surface area contributed by atoms with Crippen LogP contribution in [0.3, 0.4) is 0 Å². The molecule has 0 saturated heterocycles. The number of H-pyrrole nitrogens is 2. The summed E-state index contributed by atoms with van der Waals surface area (Å²) in [5.41, 5.74) is 3.61. The lowest BCUT2D eigenvalue weighted by molar-refractivity contribution is -0.192. The summed E-state index contributed by atoms with van der Waals surface area (Å²) in [6.07, 6.45) is -1.22. The highest BCUT2D eigenvalue weighted by atomic mass is 79.9. The zero-order valence-electron chi connectivity index (χ0n) is 13.6. The van der Waals surface area contributed by atoms with Crippen molar-refractivity contribution in [3.05, 3.63) is 52.4 Å². The molecule has 3 N–H and O–H groups in total. The summed E-state index contributed by atoms with van der Waals surface area (Å²) >= 11 is 3.49. The van der Waals surface area contributed by atoms with Crippen molar-refractivity contribution in [3.8, 4) is 0 Å². The topological polar surface area (TPSA) is 85.0 Å². The van der Waals surface area contributed by atoms with Gasteiger partial charge in [0.15, 0.2) is 0 Å². The summed E-state index contributed by atoms with van der Waals surface area (Å²) in [7, 11) is 2.11. The predicted molar refractivity (Wildman–Crippen MR) is 93.4 cm³/mol. The van der Waals surface area contributed by atoms with Crippen LogP contribution in [0.2, 0.25) is 0 Å². The molecular weight excluding hydrogens is 417 g/mol. The van der Waals surface area contributed by atoms with E-state index in [1.807, 2.05) is 6.07 Å². The van der Waals surface area contributed by atoms with E-state index >= 15 is 0 Å². The normalized spacial score (nSPS) is 11.5. The maximum absolute atomic E-state index is 10.6. The number of aliphatic carboxylic acids is 1. The molecule has 0 spiro atoms. The third-order valence-electron chi connectivity index (χ3n) is 3.41. The molecular formula is C16H16BrF3N4O2. The molecule has 0 radical (unpaired) electrons. The van der Waals surface area contributed by atoms with Gasteiger partial charge in [-0.25, -0.2) is 4.79 Å². The van der Waals surface area contributed by atoms with E-state index in [0.717, 1.165) is 23.3 Å². The molecule has 0 unspecified atom stereocenters. The van der Waals surface area contributed by atoms with Crippen molar-refractivity contribution in [1.29, 1.82) is 0 Å². The standard InChI is InChI=1S/C14H15BrN4.C2HF3O2/c1-19(9-12-4-5-17-18-12)8-10-7-16-14-6-11(15)2-3-13(10)14;3-2(4,5)1(6)7/h2-7,16H,8-9H2,1H3,(H,17,18);(H,6,7). The van der Waals surface area contributed by atoms with E-state index in [4.69, 9.17) is 9.90 Å². The highest BCUT2D eigenvalue weighted by Gasteiger charge is 2.38. The second-order valence-electron chi connectivity index (χ2n) is 5.56. The summed E-state index contributed by atoms with van der Waals surface area (Å²) in [5, 5.41) is 15.4. The summed E-state index contributed by atoms with van der Waals surface area (Å²) in [5.74, 6) is -2.76. The number of fused-ring (bicyclic) bond motifs is 1. The van der Waals surface area contributed by atoms with E-state index in [1.165, 1.54) is 16.5 Å². The first-order valence-electron chi connectivity index (χ1n) is 7.39. The van der Waals surface area contributed by atoms with Gasteiger partial charge in [-0.3, -0.25) is 10.00 Å². The van der Waals surface area contributed by atoms with Crippen LogP contribution in [0.25, 0.3) is 10.9 Å². The van der Waals surface area contributed by atoms with Crippen molar-refractivity contribution in [2.45, 2.75) is 19.3 Å². The van der Waals surface area contributed by atoms with E-state index in [2.05, 4.69) is 67.5 Å². The van der Waals surface area contributed by atoms with E-state index in [1.54, 1.807) is 6.20 Å². The molecule has 1 aromatic carbocycles. The number of aromatic nitrogens is 3. The first kappa shape index (κ1) is 20.0. The summed E-state index contributed by atoms with van der Waals surface area (Å²) < 4.78 is 32.8. The van der Waals surface area contributed by atoms with Crippen LogP contribution in [0.4, 0.5) is 13.2 Å². The number of aromatic amines is 2. The number of carboxylic acid groups (broad SMARTS) is 1. The molecule has 0 aliphatic carbocycles. The fourth-order valence-electron chi connectivity index (χ4n) is 2.30. The average Bonchev–Trinajstić information content (AvgIpc) is 3.17. The number of halogens is 4. The Balaban J connectivity index is 0.000000298. The van der Waals surface area contributed by atoms with Crippen molar-refractivity contribution >= 4 is 32.8 Å².